The molecule has 3 N–H and O–H groups in total. The lowest BCUT2D eigenvalue weighted by Gasteiger charge is -2.45. The lowest BCUT2D eigenvalue weighted by atomic mass is 9.60. The van der Waals surface area contributed by atoms with E-state index in [0.717, 1.165) is 24.8 Å². The molecule has 198 valence electrons. The van der Waals surface area contributed by atoms with E-state index in [0.29, 0.717) is 5.30 Å². The van der Waals surface area contributed by atoms with Crippen LogP contribution in [0.2, 0.25) is 0 Å². The molecule has 0 aromatic heterocycles. The normalized spacial score (nSPS) is 15.1. The van der Waals surface area contributed by atoms with Crippen molar-refractivity contribution in [3.8, 4) is 0 Å². The van der Waals surface area contributed by atoms with Gasteiger partial charge in [-0.25, -0.2) is 0 Å². The molecule has 4 heteroatoms. The third kappa shape index (κ3) is 8.58. The van der Waals surface area contributed by atoms with Crippen LogP contribution in [0.3, 0.4) is 0 Å². The maximum absolute atomic E-state index is 10.7. The summed E-state index contributed by atoms with van der Waals surface area (Å²) in [6.45, 7) is 33.9. The van der Waals surface area contributed by atoms with Gasteiger partial charge in [-0.3, -0.25) is 0 Å². The molecule has 0 radical (unpaired) electrons. The van der Waals surface area contributed by atoms with Gasteiger partial charge in [-0.05, 0) is 68.9 Å². The summed E-state index contributed by atoms with van der Waals surface area (Å²) in [6, 6.07) is 3.86. The van der Waals surface area contributed by atoms with Gasteiger partial charge < -0.3 is 0 Å². The van der Waals surface area contributed by atoms with Crippen LogP contribution >= 0.6 is 7.94 Å². The van der Waals surface area contributed by atoms with Crippen LogP contribution in [-0.4, -0.2) is 14.7 Å². The van der Waals surface area contributed by atoms with E-state index in [2.05, 4.69) is 110 Å². The van der Waals surface area contributed by atoms with Crippen LogP contribution < -0.4 is 5.30 Å². The Labute approximate surface area is 212 Å². The topological polar surface area (TPSA) is 60.7 Å². The second-order valence-corrected chi connectivity index (χ2v) is 17.9. The first kappa shape index (κ1) is 31.6. The molecule has 0 saturated carbocycles. The number of benzene rings is 1. The van der Waals surface area contributed by atoms with Gasteiger partial charge in [0.25, 0.3) is 0 Å². The van der Waals surface area contributed by atoms with Crippen molar-refractivity contribution in [2.45, 2.75) is 139 Å². The highest BCUT2D eigenvalue weighted by Gasteiger charge is 2.48. The molecule has 0 aliphatic carbocycles. The zero-order valence-corrected chi connectivity index (χ0v) is 26.0. The van der Waals surface area contributed by atoms with Crippen LogP contribution in [-0.2, 0) is 16.2 Å². The van der Waals surface area contributed by atoms with Crippen molar-refractivity contribution in [2.24, 2.45) is 16.2 Å². The number of hydrogen-bond donors (Lipinski definition) is 3. The Bertz CT molecular complexity index is 851. The highest BCUT2D eigenvalue weighted by atomic mass is 31.2. The van der Waals surface area contributed by atoms with Crippen molar-refractivity contribution in [2.75, 3.05) is 0 Å². The molecule has 0 atom stereocenters. The number of rotatable bonds is 7. The van der Waals surface area contributed by atoms with Crippen molar-refractivity contribution in [3.05, 3.63) is 28.8 Å². The molecule has 3 nitrogen and oxygen atoms in total. The Kier molecular flexibility index (Phi) is 8.76. The van der Waals surface area contributed by atoms with Gasteiger partial charge in [0.1, 0.15) is 0 Å². The largest absolute Gasteiger partial charge is 0.441 e. The molecule has 0 heterocycles. The fraction of sp³-hybridized carbons (Fsp3) is 0.800. The molecule has 0 aliphatic rings. The molecule has 1 rings (SSSR count). The molecule has 0 fully saturated rings. The first-order valence-corrected chi connectivity index (χ1v) is 14.5. The molecule has 0 spiro atoms. The summed E-state index contributed by atoms with van der Waals surface area (Å²) >= 11 is 0. The van der Waals surface area contributed by atoms with E-state index in [1.54, 1.807) is 6.07 Å². The fourth-order valence-electron chi connectivity index (χ4n) is 7.04. The Balaban J connectivity index is 4.26. The van der Waals surface area contributed by atoms with Gasteiger partial charge in [0.2, 0.25) is 0 Å². The molecule has 1 aromatic rings. The Morgan fingerprint density at radius 2 is 0.824 bits per heavy atom. The quantitative estimate of drug-likeness (QED) is 0.334. The van der Waals surface area contributed by atoms with E-state index in [-0.39, 0.29) is 32.5 Å². The second-order valence-electron chi connectivity index (χ2n) is 16.3. The minimum absolute atomic E-state index is 0.0324. The van der Waals surface area contributed by atoms with Gasteiger partial charge in [-0.1, -0.05) is 110 Å². The molecule has 0 saturated heterocycles. The fourth-order valence-corrected chi connectivity index (χ4v) is 8.03. The monoisotopic (exact) mass is 495 g/mol. The molecule has 1 aromatic carbocycles. The minimum Gasteiger partial charge on any atom is -0.189 e. The van der Waals surface area contributed by atoms with E-state index in [4.69, 9.17) is 0 Å². The van der Waals surface area contributed by atoms with Gasteiger partial charge >= 0.3 is 7.94 Å². The van der Waals surface area contributed by atoms with E-state index in [1.807, 2.05) is 0 Å². The smallest absolute Gasteiger partial charge is 0.189 e. The van der Waals surface area contributed by atoms with Crippen LogP contribution in [0.5, 0.6) is 0 Å². The van der Waals surface area contributed by atoms with Gasteiger partial charge in [0.15, 0.2) is 5.30 Å². The predicted octanol–water partition coefficient (Wildman–Crippen LogP) is 8.19. The van der Waals surface area contributed by atoms with Gasteiger partial charge in [0.05, 0.1) is 0 Å². The maximum atomic E-state index is 10.7. The van der Waals surface area contributed by atoms with E-state index >= 15 is 0 Å². The summed E-state index contributed by atoms with van der Waals surface area (Å²) in [4.78, 5) is 32.0. The summed E-state index contributed by atoms with van der Waals surface area (Å²) in [7, 11) is -4.23. The average Bonchev–Trinajstić information content (AvgIpc) is 2.45. The average molecular weight is 496 g/mol. The standard InChI is InChI=1S/C30H56O3P/c1-25(2,3)18-28(10,11)21-16-17-22(34(31,32)33)24(30(14,15)20-27(7,8)9)23(21)29(12,13)19-26(4,5)6/h16-17,31-33H,18-20H2,1-15H3/q+1. The Hall–Kier alpha value is -0.470. The van der Waals surface area contributed by atoms with Crippen molar-refractivity contribution in [1.29, 1.82) is 0 Å². The molecular formula is C30H56O3P+. The SMILES string of the molecule is CC(C)(C)CC(C)(C)c1ccc([P+](O)(O)O)c(C(C)(C)CC(C)(C)C)c1C(C)(C)CC(C)(C)C. The van der Waals surface area contributed by atoms with Crippen LogP contribution in [0.4, 0.5) is 0 Å². The zero-order chi connectivity index (χ0) is 27.3. The summed E-state index contributed by atoms with van der Waals surface area (Å²) in [5.41, 5.74) is 2.88. The molecule has 34 heavy (non-hydrogen) atoms. The van der Waals surface area contributed by atoms with Crippen molar-refractivity contribution in [3.63, 3.8) is 0 Å². The van der Waals surface area contributed by atoms with Gasteiger partial charge in [-0.15, -0.1) is 0 Å². The van der Waals surface area contributed by atoms with E-state index in [9.17, 15) is 14.7 Å². The van der Waals surface area contributed by atoms with Crippen LogP contribution in [0.25, 0.3) is 0 Å². The minimum atomic E-state index is -4.23. The first-order chi connectivity index (χ1) is 14.6. The third-order valence-corrected chi connectivity index (χ3v) is 7.53. The van der Waals surface area contributed by atoms with Gasteiger partial charge in [0, 0.05) is 5.56 Å². The second kappa shape index (κ2) is 9.44. The lowest BCUT2D eigenvalue weighted by molar-refractivity contribution is 0.252. The molecule has 0 unspecified atom stereocenters. The Morgan fingerprint density at radius 1 is 0.500 bits per heavy atom. The summed E-state index contributed by atoms with van der Waals surface area (Å²) in [5.74, 6) is 0. The highest BCUT2D eigenvalue weighted by Crippen LogP contribution is 2.54. The van der Waals surface area contributed by atoms with Crippen LogP contribution in [0.15, 0.2) is 12.1 Å². The van der Waals surface area contributed by atoms with Crippen molar-refractivity contribution in [1.82, 2.24) is 0 Å². The van der Waals surface area contributed by atoms with E-state index in [1.165, 1.54) is 11.1 Å². The first-order valence-electron chi connectivity index (χ1n) is 12.9. The van der Waals surface area contributed by atoms with Crippen LogP contribution in [0, 0.1) is 16.2 Å². The van der Waals surface area contributed by atoms with Crippen LogP contribution in [0.1, 0.15) is 140 Å². The summed E-state index contributed by atoms with van der Waals surface area (Å²) < 4.78 is 0. The third-order valence-electron chi connectivity index (χ3n) is 6.51. The molecule has 0 bridgehead atoms. The lowest BCUT2D eigenvalue weighted by Crippen LogP contribution is -2.40. The van der Waals surface area contributed by atoms with Crippen molar-refractivity contribution < 1.29 is 14.7 Å². The zero-order valence-electron chi connectivity index (χ0n) is 25.1. The molecular weight excluding hydrogens is 439 g/mol. The van der Waals surface area contributed by atoms with Crippen molar-refractivity contribution >= 4 is 13.2 Å². The number of hydrogen-bond acceptors (Lipinski definition) is 3. The summed E-state index contributed by atoms with van der Waals surface area (Å²) in [5, 5.41) is 0.314. The highest BCUT2D eigenvalue weighted by molar-refractivity contribution is 7.66. The predicted molar refractivity (Wildman–Crippen MR) is 151 cm³/mol. The van der Waals surface area contributed by atoms with Gasteiger partial charge in [-0.2, -0.15) is 14.7 Å². The Morgan fingerprint density at radius 3 is 1.15 bits per heavy atom. The molecule has 0 amide bonds. The van der Waals surface area contributed by atoms with E-state index < -0.39 is 7.94 Å². The summed E-state index contributed by atoms with van der Waals surface area (Å²) in [6.07, 6.45) is 2.79. The molecule has 0 aliphatic heterocycles. The maximum Gasteiger partial charge on any atom is 0.441 e.